The minimum atomic E-state index is -4.97. The van der Waals surface area contributed by atoms with Gasteiger partial charge in [0, 0.05) is 25.7 Å². The minimum absolute atomic E-state index is 0.107. The number of hydrogen-bond acceptors (Lipinski definition) is 15. The third kappa shape index (κ3) is 78.7. The molecule has 0 aromatic carbocycles. The van der Waals surface area contributed by atoms with E-state index < -0.39 is 97.5 Å². The summed E-state index contributed by atoms with van der Waals surface area (Å²) in [5.41, 5.74) is 0. The predicted octanol–water partition coefficient (Wildman–Crippen LogP) is 26.3. The highest BCUT2D eigenvalue weighted by molar-refractivity contribution is 7.47. The summed E-state index contributed by atoms with van der Waals surface area (Å²) in [4.78, 5) is 73.2. The summed E-state index contributed by atoms with van der Waals surface area (Å²) in [6.07, 6.45) is 65.3. The van der Waals surface area contributed by atoms with E-state index >= 15 is 0 Å². The van der Waals surface area contributed by atoms with Gasteiger partial charge in [-0.25, -0.2) is 9.13 Å². The zero-order chi connectivity index (χ0) is 78.1. The highest BCUT2D eigenvalue weighted by atomic mass is 31.2. The number of esters is 4. The highest BCUT2D eigenvalue weighted by Crippen LogP contribution is 2.45. The quantitative estimate of drug-likeness (QED) is 0.0222. The van der Waals surface area contributed by atoms with Crippen LogP contribution in [-0.4, -0.2) is 96.7 Å². The molecule has 0 bridgehead atoms. The largest absolute Gasteiger partial charge is 0.472 e. The Morgan fingerprint density at radius 2 is 0.453 bits per heavy atom. The lowest BCUT2D eigenvalue weighted by atomic mass is 10.00. The fraction of sp³-hybridized carbons (Fsp3) is 0.954. The first-order valence-corrected chi connectivity index (χ1v) is 47.7. The number of aliphatic hydroxyl groups is 1. The number of ether oxygens (including phenoxy) is 4. The summed E-state index contributed by atoms with van der Waals surface area (Å²) in [5, 5.41) is 10.7. The van der Waals surface area contributed by atoms with Crippen molar-refractivity contribution in [2.24, 2.45) is 23.7 Å². The number of phosphoric ester groups is 2. The molecule has 0 aromatic rings. The van der Waals surface area contributed by atoms with Gasteiger partial charge in [0.05, 0.1) is 26.4 Å². The Hall–Kier alpha value is -1.94. The van der Waals surface area contributed by atoms with Crippen molar-refractivity contribution in [3.05, 3.63) is 0 Å². The molecule has 0 aliphatic rings. The van der Waals surface area contributed by atoms with Gasteiger partial charge in [-0.15, -0.1) is 0 Å². The number of aliphatic hydroxyl groups excluding tert-OH is 1. The molecule has 0 saturated carbocycles. The summed E-state index contributed by atoms with van der Waals surface area (Å²) in [6, 6.07) is 0. The second kappa shape index (κ2) is 75.7. The highest BCUT2D eigenvalue weighted by Gasteiger charge is 2.31. The van der Waals surface area contributed by atoms with Crippen LogP contribution >= 0.6 is 15.6 Å². The molecule has 630 valence electrons. The SMILES string of the molecule is CCC(C)CCCCCCCCC(=O)OC[C@H](COP(=O)(O)OC[C@H](O)COP(=O)(O)OC[C@@H](COC(=O)CCCCCCCCCCCCCCCC(C)C)OC(=O)CCCCCCCCCCCCCCCCCCC(C)C)OC(=O)CCCCCCCCCCCCCCCCCCCCC(C)C. The molecule has 0 amide bonds. The summed E-state index contributed by atoms with van der Waals surface area (Å²) in [7, 11) is -9.93. The summed E-state index contributed by atoms with van der Waals surface area (Å²) < 4.78 is 68.9. The maximum atomic E-state index is 13.1. The van der Waals surface area contributed by atoms with Gasteiger partial charge < -0.3 is 33.8 Å². The van der Waals surface area contributed by atoms with Crippen molar-refractivity contribution < 1.29 is 80.2 Å². The maximum Gasteiger partial charge on any atom is 0.472 e. The Morgan fingerprint density at radius 3 is 0.670 bits per heavy atom. The molecule has 0 aliphatic carbocycles. The molecular weight excluding hydrogens is 1380 g/mol. The number of carbonyl (C=O) groups excluding carboxylic acids is 4. The van der Waals surface area contributed by atoms with Crippen LogP contribution in [0.15, 0.2) is 0 Å². The number of hydrogen-bond donors (Lipinski definition) is 3. The van der Waals surface area contributed by atoms with E-state index in [1.165, 1.54) is 250 Å². The first kappa shape index (κ1) is 104. The molecule has 0 spiro atoms. The van der Waals surface area contributed by atoms with Gasteiger partial charge in [-0.2, -0.15) is 0 Å². The lowest BCUT2D eigenvalue weighted by molar-refractivity contribution is -0.161. The van der Waals surface area contributed by atoms with Gasteiger partial charge in [-0.3, -0.25) is 37.3 Å². The van der Waals surface area contributed by atoms with Crippen molar-refractivity contribution in [2.75, 3.05) is 39.6 Å². The molecule has 0 radical (unpaired) electrons. The second-order valence-electron chi connectivity index (χ2n) is 33.0. The molecule has 0 rings (SSSR count). The Labute approximate surface area is 651 Å². The van der Waals surface area contributed by atoms with Crippen molar-refractivity contribution >= 4 is 39.5 Å². The van der Waals surface area contributed by atoms with Crippen LogP contribution in [-0.2, 0) is 65.4 Å². The van der Waals surface area contributed by atoms with Crippen LogP contribution < -0.4 is 0 Å². The lowest BCUT2D eigenvalue weighted by Crippen LogP contribution is -2.30. The van der Waals surface area contributed by atoms with E-state index in [1.807, 2.05) is 0 Å². The van der Waals surface area contributed by atoms with Gasteiger partial charge in [0.1, 0.15) is 19.3 Å². The Morgan fingerprint density at radius 1 is 0.264 bits per heavy atom. The molecule has 0 fully saturated rings. The van der Waals surface area contributed by atoms with Crippen molar-refractivity contribution in [1.29, 1.82) is 0 Å². The van der Waals surface area contributed by atoms with Crippen molar-refractivity contribution in [3.8, 4) is 0 Å². The summed E-state index contributed by atoms with van der Waals surface area (Å²) in [5.74, 6) is 1.04. The maximum absolute atomic E-state index is 13.1. The molecule has 3 N–H and O–H groups in total. The van der Waals surface area contributed by atoms with E-state index in [0.717, 1.165) is 120 Å². The zero-order valence-electron chi connectivity index (χ0n) is 70.1. The number of carbonyl (C=O) groups is 4. The number of unbranched alkanes of at least 4 members (excludes halogenated alkanes) is 49. The van der Waals surface area contributed by atoms with E-state index in [-0.39, 0.29) is 25.7 Å². The van der Waals surface area contributed by atoms with Crippen LogP contribution in [0.2, 0.25) is 0 Å². The molecule has 6 atom stereocenters. The van der Waals surface area contributed by atoms with Gasteiger partial charge in [-0.05, 0) is 49.4 Å². The van der Waals surface area contributed by atoms with Crippen LogP contribution in [0.1, 0.15) is 453 Å². The summed E-state index contributed by atoms with van der Waals surface area (Å²) >= 11 is 0. The van der Waals surface area contributed by atoms with E-state index in [0.29, 0.717) is 25.7 Å². The zero-order valence-corrected chi connectivity index (χ0v) is 71.9. The molecule has 0 aliphatic heterocycles. The van der Waals surface area contributed by atoms with Crippen LogP contribution in [0.5, 0.6) is 0 Å². The average Bonchev–Trinajstić information content (AvgIpc) is 0.900. The van der Waals surface area contributed by atoms with Gasteiger partial charge in [-0.1, -0.05) is 402 Å². The van der Waals surface area contributed by atoms with Crippen LogP contribution in [0.4, 0.5) is 0 Å². The van der Waals surface area contributed by atoms with Crippen LogP contribution in [0.25, 0.3) is 0 Å². The molecule has 3 unspecified atom stereocenters. The average molecular weight is 1550 g/mol. The van der Waals surface area contributed by atoms with Gasteiger partial charge >= 0.3 is 39.5 Å². The van der Waals surface area contributed by atoms with Gasteiger partial charge in [0.2, 0.25) is 0 Å². The molecular formula is C87H170O17P2. The molecule has 0 heterocycles. The van der Waals surface area contributed by atoms with E-state index in [2.05, 4.69) is 55.4 Å². The van der Waals surface area contributed by atoms with E-state index in [4.69, 9.17) is 37.0 Å². The van der Waals surface area contributed by atoms with Crippen molar-refractivity contribution in [3.63, 3.8) is 0 Å². The monoisotopic (exact) mass is 1550 g/mol. The lowest BCUT2D eigenvalue weighted by Gasteiger charge is -2.21. The fourth-order valence-corrected chi connectivity index (χ4v) is 15.0. The Balaban J connectivity index is 5.22. The summed E-state index contributed by atoms with van der Waals surface area (Å²) in [6.45, 7) is 14.3. The van der Waals surface area contributed by atoms with Crippen LogP contribution in [0.3, 0.4) is 0 Å². The molecule has 0 saturated heterocycles. The Bertz CT molecular complexity index is 2060. The minimum Gasteiger partial charge on any atom is -0.462 e. The molecule has 106 heavy (non-hydrogen) atoms. The van der Waals surface area contributed by atoms with Crippen molar-refractivity contribution in [2.45, 2.75) is 472 Å². The first-order chi connectivity index (χ1) is 51.1. The number of phosphoric acid groups is 2. The Kier molecular flexibility index (Phi) is 74.3. The molecule has 17 nitrogen and oxygen atoms in total. The topological polar surface area (TPSA) is 237 Å². The van der Waals surface area contributed by atoms with Gasteiger partial charge in [0.15, 0.2) is 12.2 Å². The third-order valence-corrected chi connectivity index (χ3v) is 22.6. The standard InChI is InChI=1S/C87H170O17P2/c1-9-80(8)66-58-50-45-46-52-60-68-85(90)98-74-83(104-87(92)70-62-53-43-37-31-24-18-13-11-10-12-16-21-27-33-39-47-55-63-77(2)3)76-102-106(95,96)100-72-81(88)71-99-105(93,94)101-75-82(73-97-84(89)67-59-51-42-36-30-26-20-23-29-35-41-49-57-65-79(6)7)103-86(91)69-61-54-44-38-32-25-19-15-14-17-22-28-34-40-48-56-64-78(4)5/h77-83,88H,9-76H2,1-8H3,(H,93,94)(H,95,96)/t80?,81-,82-,83-/m1/s1. The van der Waals surface area contributed by atoms with E-state index in [9.17, 15) is 43.2 Å². The smallest absolute Gasteiger partial charge is 0.462 e. The second-order valence-corrected chi connectivity index (χ2v) is 35.9. The van der Waals surface area contributed by atoms with Crippen molar-refractivity contribution in [1.82, 2.24) is 0 Å². The normalized spacial score (nSPS) is 14.2. The predicted molar refractivity (Wildman–Crippen MR) is 437 cm³/mol. The molecule has 19 heteroatoms. The first-order valence-electron chi connectivity index (χ1n) is 44.7. The van der Waals surface area contributed by atoms with E-state index in [1.54, 1.807) is 0 Å². The van der Waals surface area contributed by atoms with Crippen LogP contribution in [0, 0.1) is 23.7 Å². The third-order valence-electron chi connectivity index (χ3n) is 20.7. The molecule has 0 aromatic heterocycles. The number of rotatable bonds is 84. The fourth-order valence-electron chi connectivity index (χ4n) is 13.5. The van der Waals surface area contributed by atoms with Gasteiger partial charge in [0.25, 0.3) is 0 Å².